The molecule has 1 aliphatic heterocycles. The Morgan fingerprint density at radius 3 is 1.54 bits per heavy atom. The van der Waals surface area contributed by atoms with E-state index in [2.05, 4.69) is 285 Å². The Hall–Kier alpha value is -8.76. The number of benzene rings is 10. The second-order valence-corrected chi connectivity index (χ2v) is 19.9. The molecule has 2 aliphatic carbocycles. The third kappa shape index (κ3) is 6.84. The van der Waals surface area contributed by atoms with Crippen molar-refractivity contribution < 1.29 is 0 Å². The maximum atomic E-state index is 7.52. The van der Waals surface area contributed by atoms with Crippen molar-refractivity contribution >= 4 is 40.1 Å². The molecule has 0 bridgehead atoms. The Kier molecular flexibility index (Phi) is 10.4. The third-order valence-corrected chi connectivity index (χ3v) is 15.6. The number of hydrogen-bond acceptors (Lipinski definition) is 3. The van der Waals surface area contributed by atoms with Crippen LogP contribution in [-0.4, -0.2) is 0 Å². The van der Waals surface area contributed by atoms with Gasteiger partial charge in [-0.2, -0.15) is 0 Å². The fourth-order valence-corrected chi connectivity index (χ4v) is 12.2. The predicted molar refractivity (Wildman–Crippen MR) is 300 cm³/mol. The van der Waals surface area contributed by atoms with Gasteiger partial charge in [-0.25, -0.2) is 0 Å². The fourth-order valence-electron chi connectivity index (χ4n) is 12.2. The van der Waals surface area contributed by atoms with Crippen LogP contribution in [0.2, 0.25) is 0 Å². The first kappa shape index (κ1) is 43.3. The molecular formula is C69H53N3. The highest BCUT2D eigenvalue weighted by Gasteiger charge is 2.46. The number of nitrogens with two attached hydrogens (primary N) is 1. The SMILES string of the molecule is CC1(C)c2ccccc2-c2ccc(N(c3ccc4c(c3)/C(=C(\c3ccccc3)C(N)c3ccccc3)NC(c3ccccc3)=C4)c3ccc4c(c3)C(c3ccccc3)(c3ccccc3)c3ccccc3-4)cc21. The Bertz CT molecular complexity index is 3700. The minimum Gasteiger partial charge on any atom is -0.354 e. The van der Waals surface area contributed by atoms with Gasteiger partial charge in [-0.1, -0.05) is 232 Å². The minimum absolute atomic E-state index is 0.199. The quantitative estimate of drug-likeness (QED) is 0.152. The molecule has 0 amide bonds. The summed E-state index contributed by atoms with van der Waals surface area (Å²) in [6, 6.07) is 92.6. The van der Waals surface area contributed by atoms with E-state index in [-0.39, 0.29) is 5.41 Å². The molecule has 3 N–H and O–H groups in total. The monoisotopic (exact) mass is 923 g/mol. The molecule has 0 spiro atoms. The van der Waals surface area contributed by atoms with E-state index in [1.165, 1.54) is 55.6 Å². The lowest BCUT2D eigenvalue weighted by molar-refractivity contribution is 0.660. The summed E-state index contributed by atoms with van der Waals surface area (Å²) in [5, 5.41) is 4.01. The summed E-state index contributed by atoms with van der Waals surface area (Å²) in [5.74, 6) is 0. The largest absolute Gasteiger partial charge is 0.354 e. The van der Waals surface area contributed by atoms with Crippen molar-refractivity contribution in [3.05, 3.63) is 316 Å². The summed E-state index contributed by atoms with van der Waals surface area (Å²) in [7, 11) is 0. The van der Waals surface area contributed by atoms with E-state index in [1.54, 1.807) is 0 Å². The average Bonchev–Trinajstić information content (AvgIpc) is 3.87. The molecule has 1 heterocycles. The highest BCUT2D eigenvalue weighted by atomic mass is 15.1. The van der Waals surface area contributed by atoms with Gasteiger partial charge in [0.1, 0.15) is 0 Å². The van der Waals surface area contributed by atoms with Gasteiger partial charge in [0.15, 0.2) is 0 Å². The zero-order valence-corrected chi connectivity index (χ0v) is 40.4. The number of rotatable bonds is 9. The van der Waals surface area contributed by atoms with Crippen molar-refractivity contribution in [3.8, 4) is 22.3 Å². The number of nitrogens with zero attached hydrogens (tertiary/aromatic N) is 1. The molecular weight excluding hydrogens is 871 g/mol. The van der Waals surface area contributed by atoms with Crippen LogP contribution in [0.25, 0.3) is 45.3 Å². The van der Waals surface area contributed by atoms with Gasteiger partial charge in [-0.05, 0) is 120 Å². The number of nitrogens with one attached hydrogen (secondary N) is 1. The zero-order valence-electron chi connectivity index (χ0n) is 40.4. The van der Waals surface area contributed by atoms with Crippen LogP contribution in [0.5, 0.6) is 0 Å². The van der Waals surface area contributed by atoms with Crippen LogP contribution >= 0.6 is 0 Å². The first-order chi connectivity index (χ1) is 35.4. The Morgan fingerprint density at radius 2 is 0.903 bits per heavy atom. The van der Waals surface area contributed by atoms with Crippen LogP contribution < -0.4 is 16.0 Å². The first-order valence-electron chi connectivity index (χ1n) is 25.1. The molecule has 1 atom stereocenters. The van der Waals surface area contributed by atoms with Gasteiger partial charge >= 0.3 is 0 Å². The topological polar surface area (TPSA) is 41.3 Å². The molecule has 10 aromatic carbocycles. The van der Waals surface area contributed by atoms with Crippen molar-refractivity contribution in [2.24, 2.45) is 5.73 Å². The average molecular weight is 924 g/mol. The van der Waals surface area contributed by atoms with Crippen molar-refractivity contribution in [1.82, 2.24) is 5.32 Å². The van der Waals surface area contributed by atoms with Gasteiger partial charge in [0.2, 0.25) is 0 Å². The standard InChI is InChI=1S/C69H53N3/c1-68(2)60-34-20-18-32-55(60)57-40-38-53(44-62(57)68)72(54-39-41-58-56-33-19-21-35-61(56)69(63(58)45-54,50-28-14-6-15-29-50)51-30-16-7-17-31-51)52-37-36-49-42-64(46-22-8-3-9-23-46)71-67(59(49)43-52)65(47-24-10-4-11-25-47)66(70)48-26-12-5-13-27-48/h3-45,66,71H,70H2,1-2H3/b67-65-. The highest BCUT2D eigenvalue weighted by Crippen LogP contribution is 2.58. The molecule has 3 nitrogen and oxygen atoms in total. The van der Waals surface area contributed by atoms with Crippen LogP contribution in [0.1, 0.15) is 81.1 Å². The van der Waals surface area contributed by atoms with Crippen molar-refractivity contribution in [3.63, 3.8) is 0 Å². The van der Waals surface area contributed by atoms with Crippen LogP contribution in [0.3, 0.4) is 0 Å². The Morgan fingerprint density at radius 1 is 0.431 bits per heavy atom. The fraction of sp³-hybridized carbons (Fsp3) is 0.0725. The Labute approximate surface area is 422 Å². The molecule has 344 valence electrons. The van der Waals surface area contributed by atoms with Crippen molar-refractivity contribution in [2.75, 3.05) is 4.90 Å². The summed E-state index contributed by atoms with van der Waals surface area (Å²) < 4.78 is 0. The molecule has 0 saturated heterocycles. The molecule has 0 aromatic heterocycles. The normalized spacial score (nSPS) is 15.4. The summed E-state index contributed by atoms with van der Waals surface area (Å²) in [6.07, 6.45) is 2.29. The molecule has 10 aromatic rings. The Balaban J connectivity index is 1.08. The second-order valence-electron chi connectivity index (χ2n) is 19.9. The van der Waals surface area contributed by atoms with Gasteiger partial charge in [0, 0.05) is 39.3 Å². The molecule has 72 heavy (non-hydrogen) atoms. The zero-order chi connectivity index (χ0) is 48.4. The lowest BCUT2D eigenvalue weighted by atomic mass is 9.67. The van der Waals surface area contributed by atoms with E-state index in [4.69, 9.17) is 5.73 Å². The number of hydrogen-bond donors (Lipinski definition) is 2. The highest BCUT2D eigenvalue weighted by molar-refractivity contribution is 6.04. The van der Waals surface area contributed by atoms with E-state index < -0.39 is 11.5 Å². The van der Waals surface area contributed by atoms with E-state index >= 15 is 0 Å². The van der Waals surface area contributed by atoms with E-state index in [1.807, 2.05) is 0 Å². The molecule has 3 heteroatoms. The second kappa shape index (κ2) is 17.3. The predicted octanol–water partition coefficient (Wildman–Crippen LogP) is 16.5. The van der Waals surface area contributed by atoms with Crippen molar-refractivity contribution in [1.29, 1.82) is 0 Å². The summed E-state index contributed by atoms with van der Waals surface area (Å²) in [6.45, 7) is 4.73. The lowest BCUT2D eigenvalue weighted by Crippen LogP contribution is -2.28. The molecule has 1 unspecified atom stereocenters. The van der Waals surface area contributed by atoms with Gasteiger partial charge in [0.05, 0.1) is 17.2 Å². The maximum Gasteiger partial charge on any atom is 0.0714 e. The van der Waals surface area contributed by atoms with Crippen molar-refractivity contribution in [2.45, 2.75) is 30.7 Å². The van der Waals surface area contributed by atoms with Crippen LogP contribution in [0.15, 0.2) is 255 Å². The van der Waals surface area contributed by atoms with E-state index in [0.717, 1.165) is 61.8 Å². The molecule has 0 radical (unpaired) electrons. The van der Waals surface area contributed by atoms with Gasteiger partial charge in [-0.15, -0.1) is 0 Å². The van der Waals surface area contributed by atoms with Gasteiger partial charge in [-0.3, -0.25) is 0 Å². The minimum atomic E-state index is -0.565. The third-order valence-electron chi connectivity index (χ3n) is 15.6. The number of anilines is 3. The summed E-state index contributed by atoms with van der Waals surface area (Å²) in [5.41, 5.74) is 31.2. The summed E-state index contributed by atoms with van der Waals surface area (Å²) in [4.78, 5) is 2.48. The molecule has 13 rings (SSSR count). The maximum absolute atomic E-state index is 7.52. The van der Waals surface area contributed by atoms with Crippen LogP contribution in [-0.2, 0) is 10.8 Å². The molecule has 0 saturated carbocycles. The number of fused-ring (bicyclic) bond motifs is 7. The van der Waals surface area contributed by atoms with Gasteiger partial charge in [0.25, 0.3) is 0 Å². The molecule has 3 aliphatic rings. The van der Waals surface area contributed by atoms with Crippen LogP contribution in [0, 0.1) is 0 Å². The van der Waals surface area contributed by atoms with Crippen LogP contribution in [0.4, 0.5) is 17.1 Å². The van der Waals surface area contributed by atoms with E-state index in [9.17, 15) is 0 Å². The smallest absolute Gasteiger partial charge is 0.0714 e. The van der Waals surface area contributed by atoms with Gasteiger partial charge < -0.3 is 16.0 Å². The van der Waals surface area contributed by atoms with E-state index in [0.29, 0.717) is 0 Å². The summed E-state index contributed by atoms with van der Waals surface area (Å²) >= 11 is 0. The first-order valence-corrected chi connectivity index (χ1v) is 25.1. The lowest BCUT2D eigenvalue weighted by Gasteiger charge is -2.35. The molecule has 0 fully saturated rings.